The minimum Gasteiger partial charge on any atom is -0.481 e. The Balaban J connectivity index is 3.09. The van der Waals surface area contributed by atoms with E-state index in [-0.39, 0.29) is 0 Å². The monoisotopic (exact) mass is 236 g/mol. The maximum absolute atomic E-state index is 13.1. The zero-order valence-electron chi connectivity index (χ0n) is 8.01. The molecule has 0 saturated heterocycles. The average molecular weight is 236 g/mol. The molecule has 0 spiro atoms. The van der Waals surface area contributed by atoms with Crippen LogP contribution in [-0.4, -0.2) is 11.1 Å². The Labute approximate surface area is 88.5 Å². The molecule has 16 heavy (non-hydrogen) atoms. The molecule has 1 rings (SSSR count). The van der Waals surface area contributed by atoms with Crippen molar-refractivity contribution in [1.29, 1.82) is 0 Å². The number of rotatable bonds is 3. The van der Waals surface area contributed by atoms with Crippen LogP contribution in [0.4, 0.5) is 17.6 Å². The smallest absolute Gasteiger partial charge is 0.416 e. The van der Waals surface area contributed by atoms with Gasteiger partial charge in [0.25, 0.3) is 0 Å². The van der Waals surface area contributed by atoms with Gasteiger partial charge in [-0.3, -0.25) is 4.79 Å². The Morgan fingerprint density at radius 1 is 1.31 bits per heavy atom. The fraction of sp³-hybridized carbons (Fsp3) is 0.300. The molecule has 0 bridgehead atoms. The molecule has 0 saturated carbocycles. The van der Waals surface area contributed by atoms with Crippen LogP contribution in [0.5, 0.6) is 0 Å². The third-order valence-electron chi connectivity index (χ3n) is 2.01. The molecule has 0 atom stereocenters. The first kappa shape index (κ1) is 12.5. The van der Waals surface area contributed by atoms with E-state index in [1.807, 2.05) is 0 Å². The Kier molecular flexibility index (Phi) is 3.51. The van der Waals surface area contributed by atoms with Crippen molar-refractivity contribution in [2.45, 2.75) is 19.0 Å². The number of hydrogen-bond donors (Lipinski definition) is 1. The number of carbonyl (C=O) groups is 1. The highest BCUT2D eigenvalue weighted by Gasteiger charge is 2.34. The van der Waals surface area contributed by atoms with E-state index in [9.17, 15) is 22.4 Å². The predicted molar refractivity (Wildman–Crippen MR) is 47.4 cm³/mol. The summed E-state index contributed by atoms with van der Waals surface area (Å²) in [6, 6.07) is 2.56. The second-order valence-corrected chi connectivity index (χ2v) is 3.16. The number of carboxylic acid groups (broad SMARTS) is 1. The lowest BCUT2D eigenvalue weighted by Gasteiger charge is -2.12. The van der Waals surface area contributed by atoms with Gasteiger partial charge in [-0.1, -0.05) is 6.07 Å². The van der Waals surface area contributed by atoms with Crippen molar-refractivity contribution in [1.82, 2.24) is 0 Å². The van der Waals surface area contributed by atoms with Crippen LogP contribution < -0.4 is 0 Å². The molecule has 0 aliphatic carbocycles. The standard InChI is InChI=1S/C10H8F4O2/c11-8-3-1-2-7(10(12,13)14)6(8)4-5-9(15)16/h1-3H,4-5H2,(H,15,16). The SMILES string of the molecule is O=C(O)CCc1c(F)cccc1C(F)(F)F. The first-order valence-electron chi connectivity index (χ1n) is 4.38. The van der Waals surface area contributed by atoms with Gasteiger partial charge >= 0.3 is 12.1 Å². The molecule has 0 aliphatic rings. The van der Waals surface area contributed by atoms with Gasteiger partial charge in [0.15, 0.2) is 0 Å². The first-order valence-corrected chi connectivity index (χ1v) is 4.38. The largest absolute Gasteiger partial charge is 0.481 e. The molecule has 6 heteroatoms. The molecular weight excluding hydrogens is 228 g/mol. The summed E-state index contributed by atoms with van der Waals surface area (Å²) in [5, 5.41) is 8.36. The summed E-state index contributed by atoms with van der Waals surface area (Å²) in [6.07, 6.45) is -5.68. The highest BCUT2D eigenvalue weighted by atomic mass is 19.4. The molecule has 2 nitrogen and oxygen atoms in total. The van der Waals surface area contributed by atoms with Crippen molar-refractivity contribution in [3.63, 3.8) is 0 Å². The zero-order chi connectivity index (χ0) is 12.3. The van der Waals surface area contributed by atoms with Crippen LogP contribution in [0.25, 0.3) is 0 Å². The summed E-state index contributed by atoms with van der Waals surface area (Å²) in [7, 11) is 0. The lowest BCUT2D eigenvalue weighted by atomic mass is 10.0. The summed E-state index contributed by atoms with van der Waals surface area (Å²) in [5.41, 5.74) is -1.72. The van der Waals surface area contributed by atoms with Crippen LogP contribution in [0, 0.1) is 5.82 Å². The van der Waals surface area contributed by atoms with Crippen LogP contribution in [0.1, 0.15) is 17.5 Å². The Morgan fingerprint density at radius 2 is 1.94 bits per heavy atom. The van der Waals surface area contributed by atoms with E-state index in [4.69, 9.17) is 5.11 Å². The molecule has 0 fully saturated rings. The molecule has 0 heterocycles. The lowest BCUT2D eigenvalue weighted by molar-refractivity contribution is -0.140. The van der Waals surface area contributed by atoms with Gasteiger partial charge in [-0.25, -0.2) is 4.39 Å². The van der Waals surface area contributed by atoms with E-state index in [0.717, 1.165) is 18.2 Å². The second-order valence-electron chi connectivity index (χ2n) is 3.16. The quantitative estimate of drug-likeness (QED) is 0.819. The second kappa shape index (κ2) is 4.51. The van der Waals surface area contributed by atoms with Crippen molar-refractivity contribution >= 4 is 5.97 Å². The van der Waals surface area contributed by atoms with Gasteiger partial charge in [-0.15, -0.1) is 0 Å². The zero-order valence-corrected chi connectivity index (χ0v) is 8.01. The van der Waals surface area contributed by atoms with E-state index >= 15 is 0 Å². The molecule has 88 valence electrons. The molecule has 0 radical (unpaired) electrons. The molecule has 1 aromatic rings. The summed E-state index contributed by atoms with van der Waals surface area (Å²) < 4.78 is 50.5. The lowest BCUT2D eigenvalue weighted by Crippen LogP contribution is -2.12. The van der Waals surface area contributed by atoms with Crippen molar-refractivity contribution < 1.29 is 27.5 Å². The van der Waals surface area contributed by atoms with E-state index in [0.29, 0.717) is 0 Å². The topological polar surface area (TPSA) is 37.3 Å². The summed E-state index contributed by atoms with van der Waals surface area (Å²) in [4.78, 5) is 10.2. The summed E-state index contributed by atoms with van der Waals surface area (Å²) >= 11 is 0. The highest BCUT2D eigenvalue weighted by molar-refractivity contribution is 5.67. The van der Waals surface area contributed by atoms with Crippen molar-refractivity contribution in [3.8, 4) is 0 Å². The van der Waals surface area contributed by atoms with Crippen LogP contribution in [0.3, 0.4) is 0 Å². The molecular formula is C10H8F4O2. The van der Waals surface area contributed by atoms with E-state index in [1.54, 1.807) is 0 Å². The number of carboxylic acids is 1. The number of benzene rings is 1. The van der Waals surface area contributed by atoms with Crippen molar-refractivity contribution in [2.75, 3.05) is 0 Å². The van der Waals surface area contributed by atoms with E-state index < -0.39 is 41.9 Å². The Hall–Kier alpha value is -1.59. The predicted octanol–water partition coefficient (Wildman–Crippen LogP) is 2.86. The van der Waals surface area contributed by atoms with Gasteiger partial charge in [0.05, 0.1) is 5.56 Å². The van der Waals surface area contributed by atoms with Crippen LogP contribution in [0.15, 0.2) is 18.2 Å². The van der Waals surface area contributed by atoms with Gasteiger partial charge < -0.3 is 5.11 Å². The number of hydrogen-bond acceptors (Lipinski definition) is 1. The third kappa shape index (κ3) is 2.95. The Bertz CT molecular complexity index is 398. The minimum absolute atomic E-state index is 0.475. The fourth-order valence-electron chi connectivity index (χ4n) is 1.31. The molecule has 1 aromatic carbocycles. The molecule has 0 amide bonds. The Morgan fingerprint density at radius 3 is 2.44 bits per heavy atom. The number of halogens is 4. The maximum Gasteiger partial charge on any atom is 0.416 e. The maximum atomic E-state index is 13.1. The molecule has 0 aromatic heterocycles. The van der Waals surface area contributed by atoms with Crippen molar-refractivity contribution in [2.24, 2.45) is 0 Å². The molecule has 0 unspecified atom stereocenters. The molecule has 1 N–H and O–H groups in total. The van der Waals surface area contributed by atoms with E-state index in [1.165, 1.54) is 0 Å². The fourth-order valence-corrected chi connectivity index (χ4v) is 1.31. The van der Waals surface area contributed by atoms with E-state index in [2.05, 4.69) is 0 Å². The van der Waals surface area contributed by atoms with Crippen LogP contribution >= 0.6 is 0 Å². The van der Waals surface area contributed by atoms with Gasteiger partial charge in [0, 0.05) is 12.0 Å². The normalized spacial score (nSPS) is 11.5. The number of aliphatic carboxylic acids is 1. The van der Waals surface area contributed by atoms with Gasteiger partial charge in [0.2, 0.25) is 0 Å². The van der Waals surface area contributed by atoms with Crippen LogP contribution in [-0.2, 0) is 17.4 Å². The van der Waals surface area contributed by atoms with Gasteiger partial charge in [0.1, 0.15) is 5.82 Å². The average Bonchev–Trinajstić information content (AvgIpc) is 2.13. The highest BCUT2D eigenvalue weighted by Crippen LogP contribution is 2.33. The summed E-state index contributed by atoms with van der Waals surface area (Å²) in [5.74, 6) is -2.30. The summed E-state index contributed by atoms with van der Waals surface area (Å²) in [6.45, 7) is 0. The molecule has 0 aliphatic heterocycles. The third-order valence-corrected chi connectivity index (χ3v) is 2.01. The first-order chi connectivity index (χ1) is 7.32. The van der Waals surface area contributed by atoms with Gasteiger partial charge in [-0.2, -0.15) is 13.2 Å². The van der Waals surface area contributed by atoms with Crippen LogP contribution in [0.2, 0.25) is 0 Å². The van der Waals surface area contributed by atoms with Crippen molar-refractivity contribution in [3.05, 3.63) is 35.1 Å². The van der Waals surface area contributed by atoms with Gasteiger partial charge in [-0.05, 0) is 18.6 Å². The number of alkyl halides is 3. The minimum atomic E-state index is -4.67.